The molecular weight excluding hydrogens is 222 g/mol. The second-order valence-electron chi connectivity index (χ2n) is 4.97. The predicted molar refractivity (Wildman–Crippen MR) is 79.0 cm³/mol. The molecule has 0 amide bonds. The first-order valence-corrected chi connectivity index (χ1v) is 7.10. The van der Waals surface area contributed by atoms with Crippen molar-refractivity contribution in [3.63, 3.8) is 0 Å². The summed E-state index contributed by atoms with van der Waals surface area (Å²) in [4.78, 5) is 6.84. The maximum absolute atomic E-state index is 4.42. The van der Waals surface area contributed by atoms with Gasteiger partial charge < -0.3 is 10.2 Å². The summed E-state index contributed by atoms with van der Waals surface area (Å²) in [5.74, 6) is 0. The topological polar surface area (TPSA) is 28.2 Å². The van der Waals surface area contributed by atoms with Gasteiger partial charge >= 0.3 is 0 Å². The number of hydrogen-bond donors (Lipinski definition) is 1. The Morgan fingerprint density at radius 2 is 2.11 bits per heavy atom. The van der Waals surface area contributed by atoms with Crippen LogP contribution in [0.4, 0.5) is 5.69 Å². The van der Waals surface area contributed by atoms with Crippen LogP contribution in [0.1, 0.15) is 46.2 Å². The third kappa shape index (κ3) is 5.05. The molecule has 0 aliphatic heterocycles. The van der Waals surface area contributed by atoms with Crippen molar-refractivity contribution in [3.05, 3.63) is 24.0 Å². The van der Waals surface area contributed by atoms with Gasteiger partial charge in [0.1, 0.15) is 0 Å². The smallest absolute Gasteiger partial charge is 0.0562 e. The van der Waals surface area contributed by atoms with Crippen LogP contribution in [-0.4, -0.2) is 24.1 Å². The van der Waals surface area contributed by atoms with E-state index in [0.29, 0.717) is 6.04 Å². The van der Waals surface area contributed by atoms with Gasteiger partial charge in [-0.1, -0.05) is 27.2 Å². The summed E-state index contributed by atoms with van der Waals surface area (Å²) in [6.45, 7) is 11.8. The molecule has 102 valence electrons. The largest absolute Gasteiger partial charge is 0.372 e. The van der Waals surface area contributed by atoms with Crippen LogP contribution in [0.3, 0.4) is 0 Å². The monoisotopic (exact) mass is 249 g/mol. The Morgan fingerprint density at radius 1 is 1.33 bits per heavy atom. The fourth-order valence-electron chi connectivity index (χ4n) is 1.89. The van der Waals surface area contributed by atoms with E-state index in [9.17, 15) is 0 Å². The maximum Gasteiger partial charge on any atom is 0.0562 e. The molecule has 1 aromatic rings. The predicted octanol–water partition coefficient (Wildman–Crippen LogP) is 3.21. The average Bonchev–Trinajstić information content (AvgIpc) is 2.38. The van der Waals surface area contributed by atoms with Crippen molar-refractivity contribution in [1.29, 1.82) is 0 Å². The Balaban J connectivity index is 2.66. The summed E-state index contributed by atoms with van der Waals surface area (Å²) >= 11 is 0. The van der Waals surface area contributed by atoms with Gasteiger partial charge in [0.25, 0.3) is 0 Å². The van der Waals surface area contributed by atoms with E-state index in [4.69, 9.17) is 0 Å². The van der Waals surface area contributed by atoms with Crippen molar-refractivity contribution < 1.29 is 0 Å². The third-order valence-corrected chi connectivity index (χ3v) is 3.02. The highest BCUT2D eigenvalue weighted by Crippen LogP contribution is 2.15. The van der Waals surface area contributed by atoms with E-state index in [0.717, 1.165) is 25.3 Å². The molecule has 0 saturated heterocycles. The van der Waals surface area contributed by atoms with E-state index in [1.807, 2.05) is 6.20 Å². The Morgan fingerprint density at radius 3 is 2.72 bits per heavy atom. The number of rotatable bonds is 8. The van der Waals surface area contributed by atoms with Crippen molar-refractivity contribution in [3.8, 4) is 0 Å². The molecule has 0 unspecified atom stereocenters. The molecule has 0 fully saturated rings. The number of nitrogens with one attached hydrogen (secondary N) is 1. The number of aromatic nitrogens is 1. The highest BCUT2D eigenvalue weighted by atomic mass is 15.1. The fourth-order valence-corrected chi connectivity index (χ4v) is 1.89. The van der Waals surface area contributed by atoms with Crippen LogP contribution in [0.2, 0.25) is 0 Å². The number of hydrogen-bond acceptors (Lipinski definition) is 3. The molecule has 1 rings (SSSR count). The normalized spacial score (nSPS) is 10.9. The van der Waals surface area contributed by atoms with Gasteiger partial charge in [0.15, 0.2) is 0 Å². The molecule has 0 aliphatic rings. The van der Waals surface area contributed by atoms with Crippen molar-refractivity contribution in [2.45, 2.75) is 53.1 Å². The maximum atomic E-state index is 4.42. The highest BCUT2D eigenvalue weighted by molar-refractivity contribution is 5.46. The summed E-state index contributed by atoms with van der Waals surface area (Å²) in [7, 11) is 0. The quantitative estimate of drug-likeness (QED) is 0.767. The lowest BCUT2D eigenvalue weighted by atomic mass is 10.2. The third-order valence-electron chi connectivity index (χ3n) is 3.02. The van der Waals surface area contributed by atoms with Crippen LogP contribution < -0.4 is 10.2 Å². The molecule has 0 spiro atoms. The van der Waals surface area contributed by atoms with Gasteiger partial charge in [0.2, 0.25) is 0 Å². The first-order valence-electron chi connectivity index (χ1n) is 7.10. The second kappa shape index (κ2) is 8.09. The molecule has 0 aliphatic carbocycles. The molecule has 3 heteroatoms. The average molecular weight is 249 g/mol. The molecule has 0 atom stereocenters. The van der Waals surface area contributed by atoms with Crippen molar-refractivity contribution in [2.75, 3.05) is 18.0 Å². The van der Waals surface area contributed by atoms with Crippen LogP contribution in [0, 0.1) is 0 Å². The minimum absolute atomic E-state index is 0.498. The van der Waals surface area contributed by atoms with E-state index >= 15 is 0 Å². The Labute approximate surface area is 112 Å². The fraction of sp³-hybridized carbons (Fsp3) is 0.667. The van der Waals surface area contributed by atoms with Crippen LogP contribution in [-0.2, 0) is 6.54 Å². The first kappa shape index (κ1) is 15.0. The SMILES string of the molecule is CCCCN(CC)c1ccnc(CNC(C)C)c1. The number of anilines is 1. The van der Waals surface area contributed by atoms with Crippen molar-refractivity contribution in [2.24, 2.45) is 0 Å². The lowest BCUT2D eigenvalue weighted by molar-refractivity contribution is 0.581. The summed E-state index contributed by atoms with van der Waals surface area (Å²) in [6.07, 6.45) is 4.40. The van der Waals surface area contributed by atoms with E-state index in [1.54, 1.807) is 0 Å². The van der Waals surface area contributed by atoms with Crippen molar-refractivity contribution >= 4 is 5.69 Å². The van der Waals surface area contributed by atoms with Crippen molar-refractivity contribution in [1.82, 2.24) is 10.3 Å². The molecule has 0 radical (unpaired) electrons. The summed E-state index contributed by atoms with van der Waals surface area (Å²) < 4.78 is 0. The standard InChI is InChI=1S/C15H27N3/c1-5-7-10-18(6-2)15-8-9-16-14(11-15)12-17-13(3)4/h8-9,11,13,17H,5-7,10,12H2,1-4H3. The molecule has 1 aromatic heterocycles. The molecule has 18 heavy (non-hydrogen) atoms. The molecule has 3 nitrogen and oxygen atoms in total. The zero-order valence-electron chi connectivity index (χ0n) is 12.2. The minimum Gasteiger partial charge on any atom is -0.372 e. The molecule has 0 saturated carbocycles. The Kier molecular flexibility index (Phi) is 6.73. The number of nitrogens with zero attached hydrogens (tertiary/aromatic N) is 2. The molecule has 1 N–H and O–H groups in total. The number of pyridine rings is 1. The van der Waals surface area contributed by atoms with E-state index in [1.165, 1.54) is 18.5 Å². The van der Waals surface area contributed by atoms with Crippen LogP contribution in [0.15, 0.2) is 18.3 Å². The Hall–Kier alpha value is -1.09. The lowest BCUT2D eigenvalue weighted by Gasteiger charge is -2.23. The van der Waals surface area contributed by atoms with Crippen LogP contribution in [0.5, 0.6) is 0 Å². The van der Waals surface area contributed by atoms with Gasteiger partial charge in [-0.15, -0.1) is 0 Å². The summed E-state index contributed by atoms with van der Waals surface area (Å²) in [5, 5.41) is 3.41. The lowest BCUT2D eigenvalue weighted by Crippen LogP contribution is -2.25. The van der Waals surface area contributed by atoms with Gasteiger partial charge in [-0.05, 0) is 25.5 Å². The van der Waals surface area contributed by atoms with E-state index in [-0.39, 0.29) is 0 Å². The Bertz CT molecular complexity index is 336. The zero-order valence-corrected chi connectivity index (χ0v) is 12.2. The first-order chi connectivity index (χ1) is 8.67. The van der Waals surface area contributed by atoms with Gasteiger partial charge in [0, 0.05) is 37.6 Å². The molecule has 0 bridgehead atoms. The van der Waals surface area contributed by atoms with Crippen LogP contribution >= 0.6 is 0 Å². The molecule has 0 aromatic carbocycles. The van der Waals surface area contributed by atoms with Gasteiger partial charge in [-0.2, -0.15) is 0 Å². The second-order valence-corrected chi connectivity index (χ2v) is 4.97. The summed E-state index contributed by atoms with van der Waals surface area (Å²) in [5.41, 5.74) is 2.41. The van der Waals surface area contributed by atoms with Crippen LogP contribution in [0.25, 0.3) is 0 Å². The molecular formula is C15H27N3. The van der Waals surface area contributed by atoms with E-state index < -0.39 is 0 Å². The number of unbranched alkanes of at least 4 members (excludes halogenated alkanes) is 1. The van der Waals surface area contributed by atoms with E-state index in [2.05, 4.69) is 55.0 Å². The molecule has 1 heterocycles. The van der Waals surface area contributed by atoms with Gasteiger partial charge in [-0.25, -0.2) is 0 Å². The zero-order chi connectivity index (χ0) is 13.4. The highest BCUT2D eigenvalue weighted by Gasteiger charge is 2.05. The van der Waals surface area contributed by atoms with Gasteiger partial charge in [-0.3, -0.25) is 4.98 Å². The minimum atomic E-state index is 0.498. The summed E-state index contributed by atoms with van der Waals surface area (Å²) in [6, 6.07) is 4.81. The van der Waals surface area contributed by atoms with Gasteiger partial charge in [0.05, 0.1) is 5.69 Å².